The number of rotatable bonds is 0. The van der Waals surface area contributed by atoms with Crippen LogP contribution in [0.3, 0.4) is 0 Å². The lowest BCUT2D eigenvalue weighted by Gasteiger charge is -2.09. The van der Waals surface area contributed by atoms with Gasteiger partial charge >= 0.3 is 6.18 Å². The molecule has 0 bridgehead atoms. The van der Waals surface area contributed by atoms with Crippen molar-refractivity contribution < 1.29 is 13.2 Å². The summed E-state index contributed by atoms with van der Waals surface area (Å²) in [6.07, 6.45) is -1.90. The van der Waals surface area contributed by atoms with Crippen molar-refractivity contribution in [2.75, 3.05) is 0 Å². The maximum absolute atomic E-state index is 12.9. The molecule has 0 N–H and O–H groups in total. The van der Waals surface area contributed by atoms with Crippen molar-refractivity contribution in [1.29, 1.82) is 0 Å². The molecule has 17 heavy (non-hydrogen) atoms. The fourth-order valence-electron chi connectivity index (χ4n) is 1.75. The third-order valence-corrected chi connectivity index (χ3v) is 2.45. The van der Waals surface area contributed by atoms with Gasteiger partial charge in [0.2, 0.25) is 0 Å². The van der Waals surface area contributed by atoms with E-state index in [1.165, 1.54) is 29.3 Å². The summed E-state index contributed by atoms with van der Waals surface area (Å²) in [5.41, 5.74) is -0.343. The van der Waals surface area contributed by atoms with Crippen molar-refractivity contribution >= 4 is 16.6 Å². The van der Waals surface area contributed by atoms with E-state index in [-0.39, 0.29) is 16.6 Å². The highest BCUT2D eigenvalue weighted by atomic mass is 19.4. The summed E-state index contributed by atoms with van der Waals surface area (Å²) in [5.74, 6) is 0. The number of aromatic nitrogens is 4. The second kappa shape index (κ2) is 3.16. The summed E-state index contributed by atoms with van der Waals surface area (Å²) in [7, 11) is 0. The van der Waals surface area contributed by atoms with Crippen LogP contribution in [0.25, 0.3) is 16.6 Å². The highest BCUT2D eigenvalue weighted by molar-refractivity contribution is 5.94. The first kappa shape index (κ1) is 10.0. The van der Waals surface area contributed by atoms with Crippen LogP contribution >= 0.6 is 0 Å². The van der Waals surface area contributed by atoms with E-state index in [4.69, 9.17) is 0 Å². The summed E-state index contributed by atoms with van der Waals surface area (Å²) < 4.78 is 39.8. The molecule has 0 radical (unpaired) electrons. The van der Waals surface area contributed by atoms with Crippen molar-refractivity contribution in [2.45, 2.75) is 6.18 Å². The maximum atomic E-state index is 12.9. The molecule has 3 rings (SSSR count). The first-order chi connectivity index (χ1) is 8.07. The van der Waals surface area contributed by atoms with Gasteiger partial charge in [-0.3, -0.25) is 0 Å². The molecule has 0 unspecified atom stereocenters. The largest absolute Gasteiger partial charge is 0.417 e. The number of halogens is 3. The average Bonchev–Trinajstić information content (AvgIpc) is 2.75. The van der Waals surface area contributed by atoms with Gasteiger partial charge in [0, 0.05) is 0 Å². The molecule has 0 fully saturated rings. The van der Waals surface area contributed by atoms with E-state index in [0.717, 1.165) is 6.07 Å². The van der Waals surface area contributed by atoms with Crippen molar-refractivity contribution in [3.63, 3.8) is 0 Å². The molecule has 0 amide bonds. The zero-order valence-electron chi connectivity index (χ0n) is 8.31. The molecule has 3 aromatic rings. The number of nitrogens with zero attached hydrogens (tertiary/aromatic N) is 4. The summed E-state index contributed by atoms with van der Waals surface area (Å²) in [6.45, 7) is 0. The predicted molar refractivity (Wildman–Crippen MR) is 53.3 cm³/mol. The maximum Gasteiger partial charge on any atom is 0.417 e. The van der Waals surface area contributed by atoms with Gasteiger partial charge in [-0.15, -0.1) is 0 Å². The third-order valence-electron chi connectivity index (χ3n) is 2.45. The van der Waals surface area contributed by atoms with Gasteiger partial charge in [0.05, 0.1) is 16.5 Å². The SMILES string of the molecule is FC(F)(F)c1cccc2ncn3ncnc3c12. The number of fused-ring (bicyclic) bond motifs is 3. The van der Waals surface area contributed by atoms with Crippen LogP contribution in [-0.4, -0.2) is 19.6 Å². The summed E-state index contributed by atoms with van der Waals surface area (Å²) in [6, 6.07) is 3.85. The van der Waals surface area contributed by atoms with Gasteiger partial charge in [-0.2, -0.15) is 18.3 Å². The lowest BCUT2D eigenvalue weighted by atomic mass is 10.1. The van der Waals surface area contributed by atoms with Crippen LogP contribution in [0.15, 0.2) is 30.9 Å². The molecule has 2 aromatic heterocycles. The first-order valence-corrected chi connectivity index (χ1v) is 4.71. The van der Waals surface area contributed by atoms with Gasteiger partial charge in [0.1, 0.15) is 12.7 Å². The van der Waals surface area contributed by atoms with E-state index in [0.29, 0.717) is 0 Å². The quantitative estimate of drug-likeness (QED) is 0.603. The minimum Gasteiger partial charge on any atom is -0.236 e. The molecule has 7 heteroatoms. The zero-order valence-corrected chi connectivity index (χ0v) is 8.31. The third kappa shape index (κ3) is 1.42. The molecule has 2 heterocycles. The monoisotopic (exact) mass is 238 g/mol. The van der Waals surface area contributed by atoms with Crippen LogP contribution in [0.5, 0.6) is 0 Å². The Morgan fingerprint density at radius 3 is 2.71 bits per heavy atom. The fraction of sp³-hybridized carbons (Fsp3) is 0.100. The Morgan fingerprint density at radius 1 is 1.12 bits per heavy atom. The standard InChI is InChI=1S/C10H5F3N4/c11-10(12,13)6-2-1-3-7-8(6)9-14-4-16-17(9)5-15-7/h1-5H. The minimum absolute atomic E-state index is 0.0278. The lowest BCUT2D eigenvalue weighted by Crippen LogP contribution is -2.07. The van der Waals surface area contributed by atoms with Crippen molar-refractivity contribution in [1.82, 2.24) is 19.6 Å². The molecular formula is C10H5F3N4. The second-order valence-electron chi connectivity index (χ2n) is 3.47. The Kier molecular flexibility index (Phi) is 1.86. The predicted octanol–water partition coefficient (Wildman–Crippen LogP) is 2.30. The van der Waals surface area contributed by atoms with Gasteiger partial charge in [-0.05, 0) is 12.1 Å². The number of hydrogen-bond donors (Lipinski definition) is 0. The fourth-order valence-corrected chi connectivity index (χ4v) is 1.75. The Labute approximate surface area is 92.7 Å². The van der Waals surface area contributed by atoms with E-state index in [9.17, 15) is 13.2 Å². The van der Waals surface area contributed by atoms with Gasteiger partial charge in [-0.1, -0.05) is 6.07 Å². The van der Waals surface area contributed by atoms with Crippen molar-refractivity contribution in [3.05, 3.63) is 36.4 Å². The molecule has 0 aliphatic rings. The first-order valence-electron chi connectivity index (χ1n) is 4.71. The van der Waals surface area contributed by atoms with E-state index in [1.807, 2.05) is 0 Å². The molecule has 0 aliphatic heterocycles. The lowest BCUT2D eigenvalue weighted by molar-refractivity contribution is -0.136. The molecule has 0 aliphatic carbocycles. The second-order valence-corrected chi connectivity index (χ2v) is 3.47. The normalized spacial score (nSPS) is 12.4. The molecule has 0 spiro atoms. The zero-order chi connectivity index (χ0) is 12.0. The molecule has 1 aromatic carbocycles. The molecule has 4 nitrogen and oxygen atoms in total. The van der Waals surface area contributed by atoms with Crippen LogP contribution in [0, 0.1) is 0 Å². The topological polar surface area (TPSA) is 43.1 Å². The smallest absolute Gasteiger partial charge is 0.236 e. The number of hydrogen-bond acceptors (Lipinski definition) is 3. The summed E-state index contributed by atoms with van der Waals surface area (Å²) in [5, 5.41) is 3.74. The van der Waals surface area contributed by atoms with Crippen LogP contribution in [0.1, 0.15) is 5.56 Å². The average molecular weight is 238 g/mol. The van der Waals surface area contributed by atoms with Gasteiger partial charge < -0.3 is 0 Å². The van der Waals surface area contributed by atoms with Crippen LogP contribution in [-0.2, 0) is 6.18 Å². The summed E-state index contributed by atoms with van der Waals surface area (Å²) in [4.78, 5) is 7.75. The van der Waals surface area contributed by atoms with Crippen LogP contribution in [0.4, 0.5) is 13.2 Å². The highest BCUT2D eigenvalue weighted by Crippen LogP contribution is 2.35. The molecule has 0 saturated heterocycles. The Morgan fingerprint density at radius 2 is 1.94 bits per heavy atom. The molecular weight excluding hydrogens is 233 g/mol. The van der Waals surface area contributed by atoms with Gasteiger partial charge in [0.25, 0.3) is 0 Å². The minimum atomic E-state index is -4.44. The Balaban J connectivity index is 2.54. The number of benzene rings is 1. The molecule has 86 valence electrons. The van der Waals surface area contributed by atoms with E-state index >= 15 is 0 Å². The number of alkyl halides is 3. The van der Waals surface area contributed by atoms with Crippen molar-refractivity contribution in [2.24, 2.45) is 0 Å². The van der Waals surface area contributed by atoms with E-state index < -0.39 is 11.7 Å². The van der Waals surface area contributed by atoms with E-state index in [1.54, 1.807) is 0 Å². The molecule has 0 saturated carbocycles. The molecule has 0 atom stereocenters. The highest BCUT2D eigenvalue weighted by Gasteiger charge is 2.33. The van der Waals surface area contributed by atoms with Crippen LogP contribution in [0.2, 0.25) is 0 Å². The van der Waals surface area contributed by atoms with Gasteiger partial charge in [-0.25, -0.2) is 14.5 Å². The Bertz CT molecular complexity index is 701. The Hall–Kier alpha value is -2.18. The van der Waals surface area contributed by atoms with Crippen LogP contribution < -0.4 is 0 Å². The van der Waals surface area contributed by atoms with Crippen molar-refractivity contribution in [3.8, 4) is 0 Å². The summed E-state index contributed by atoms with van der Waals surface area (Å²) >= 11 is 0. The van der Waals surface area contributed by atoms with E-state index in [2.05, 4.69) is 15.1 Å². The van der Waals surface area contributed by atoms with Gasteiger partial charge in [0.15, 0.2) is 5.65 Å².